The molecule has 0 amide bonds. The molecule has 2 aromatic rings. The highest BCUT2D eigenvalue weighted by Gasteiger charge is 1.98. The summed E-state index contributed by atoms with van der Waals surface area (Å²) in [5, 5.41) is 8.53. The van der Waals surface area contributed by atoms with Crippen molar-refractivity contribution in [3.8, 4) is 11.8 Å². The standard InChI is InChI=1S/C16H14N2O/c17-11-10-16(18)14-6-8-15(9-7-14)19-12-13-4-2-1-3-5-13/h1-10H,12,18H2/b16-10-. The van der Waals surface area contributed by atoms with Gasteiger partial charge in [-0.25, -0.2) is 0 Å². The first kappa shape index (κ1) is 12.7. The molecule has 0 atom stereocenters. The molecule has 0 unspecified atom stereocenters. The second-order valence-corrected chi connectivity index (χ2v) is 4.03. The summed E-state index contributed by atoms with van der Waals surface area (Å²) >= 11 is 0. The first-order chi connectivity index (χ1) is 9.29. The van der Waals surface area contributed by atoms with Gasteiger partial charge in [-0.2, -0.15) is 5.26 Å². The summed E-state index contributed by atoms with van der Waals surface area (Å²) in [6.07, 6.45) is 1.32. The molecular formula is C16H14N2O. The Labute approximate surface area is 112 Å². The maximum atomic E-state index is 8.53. The highest BCUT2D eigenvalue weighted by molar-refractivity contribution is 5.65. The smallest absolute Gasteiger partial charge is 0.119 e. The molecule has 0 spiro atoms. The molecule has 0 radical (unpaired) electrons. The lowest BCUT2D eigenvalue weighted by Gasteiger charge is -2.07. The first-order valence-electron chi connectivity index (χ1n) is 5.92. The topological polar surface area (TPSA) is 59.0 Å². The molecule has 0 saturated heterocycles. The van der Waals surface area contributed by atoms with Crippen LogP contribution in [0.15, 0.2) is 60.7 Å². The van der Waals surface area contributed by atoms with E-state index in [9.17, 15) is 0 Å². The van der Waals surface area contributed by atoms with E-state index in [4.69, 9.17) is 15.7 Å². The molecule has 0 aliphatic heterocycles. The number of hydrogen-bond donors (Lipinski definition) is 1. The van der Waals surface area contributed by atoms with Crippen LogP contribution in [0, 0.1) is 11.3 Å². The summed E-state index contributed by atoms with van der Waals surface area (Å²) < 4.78 is 5.66. The van der Waals surface area contributed by atoms with Gasteiger partial charge in [0.2, 0.25) is 0 Å². The summed E-state index contributed by atoms with van der Waals surface area (Å²) in [5.41, 5.74) is 8.11. The predicted molar refractivity (Wildman–Crippen MR) is 75.0 cm³/mol. The minimum atomic E-state index is 0.456. The Hall–Kier alpha value is -2.73. The molecule has 2 aromatic carbocycles. The van der Waals surface area contributed by atoms with Crippen LogP contribution in [0.4, 0.5) is 0 Å². The minimum Gasteiger partial charge on any atom is -0.489 e. The number of nitrogens with zero attached hydrogens (tertiary/aromatic N) is 1. The fraction of sp³-hybridized carbons (Fsp3) is 0.0625. The number of rotatable bonds is 4. The molecule has 0 bridgehead atoms. The Morgan fingerprint density at radius 2 is 1.79 bits per heavy atom. The van der Waals surface area contributed by atoms with Gasteiger partial charge in [0.05, 0.1) is 6.07 Å². The van der Waals surface area contributed by atoms with Gasteiger partial charge in [0.1, 0.15) is 12.4 Å². The van der Waals surface area contributed by atoms with Gasteiger partial charge in [0.25, 0.3) is 0 Å². The molecule has 3 heteroatoms. The number of hydrogen-bond acceptors (Lipinski definition) is 3. The second-order valence-electron chi connectivity index (χ2n) is 4.03. The number of ether oxygens (including phenoxy) is 1. The summed E-state index contributed by atoms with van der Waals surface area (Å²) in [7, 11) is 0. The van der Waals surface area contributed by atoms with Gasteiger partial charge in [0.15, 0.2) is 0 Å². The van der Waals surface area contributed by atoms with Gasteiger partial charge in [-0.15, -0.1) is 0 Å². The van der Waals surface area contributed by atoms with Crippen LogP contribution < -0.4 is 10.5 Å². The molecule has 0 saturated carbocycles. The average molecular weight is 250 g/mol. The molecule has 19 heavy (non-hydrogen) atoms. The van der Waals surface area contributed by atoms with Crippen LogP contribution in [0.2, 0.25) is 0 Å². The Morgan fingerprint density at radius 1 is 1.11 bits per heavy atom. The maximum absolute atomic E-state index is 8.53. The van der Waals surface area contributed by atoms with Crippen molar-refractivity contribution in [3.63, 3.8) is 0 Å². The number of nitrogens with two attached hydrogens (primary N) is 1. The van der Waals surface area contributed by atoms with Gasteiger partial charge >= 0.3 is 0 Å². The maximum Gasteiger partial charge on any atom is 0.119 e. The van der Waals surface area contributed by atoms with E-state index in [0.29, 0.717) is 12.3 Å². The fourth-order valence-electron chi connectivity index (χ4n) is 1.64. The number of nitriles is 1. The van der Waals surface area contributed by atoms with E-state index in [2.05, 4.69) is 0 Å². The highest BCUT2D eigenvalue weighted by atomic mass is 16.5. The van der Waals surface area contributed by atoms with Crippen molar-refractivity contribution in [2.75, 3.05) is 0 Å². The first-order valence-corrected chi connectivity index (χ1v) is 5.92. The van der Waals surface area contributed by atoms with Crippen LogP contribution in [-0.4, -0.2) is 0 Å². The van der Waals surface area contributed by atoms with E-state index in [1.54, 1.807) is 0 Å². The quantitative estimate of drug-likeness (QED) is 0.848. The van der Waals surface area contributed by atoms with Crippen molar-refractivity contribution >= 4 is 5.70 Å². The van der Waals surface area contributed by atoms with E-state index in [1.807, 2.05) is 60.7 Å². The normalized spacial score (nSPS) is 10.8. The van der Waals surface area contributed by atoms with Gasteiger partial charge in [-0.05, 0) is 35.4 Å². The monoisotopic (exact) mass is 250 g/mol. The van der Waals surface area contributed by atoms with Crippen molar-refractivity contribution < 1.29 is 4.74 Å². The zero-order chi connectivity index (χ0) is 13.5. The van der Waals surface area contributed by atoms with Crippen molar-refractivity contribution in [3.05, 3.63) is 71.8 Å². The van der Waals surface area contributed by atoms with E-state index in [1.165, 1.54) is 6.08 Å². The van der Waals surface area contributed by atoms with Crippen LogP contribution in [0.1, 0.15) is 11.1 Å². The van der Waals surface area contributed by atoms with Gasteiger partial charge < -0.3 is 10.5 Å². The van der Waals surface area contributed by atoms with Crippen LogP contribution >= 0.6 is 0 Å². The zero-order valence-corrected chi connectivity index (χ0v) is 10.4. The van der Waals surface area contributed by atoms with Crippen LogP contribution in [0.5, 0.6) is 5.75 Å². The molecule has 0 fully saturated rings. The molecule has 0 heterocycles. The van der Waals surface area contributed by atoms with Crippen molar-refractivity contribution in [2.45, 2.75) is 6.61 Å². The van der Waals surface area contributed by atoms with Crippen molar-refractivity contribution in [1.29, 1.82) is 5.26 Å². The third kappa shape index (κ3) is 3.62. The molecule has 0 aromatic heterocycles. The lowest BCUT2D eigenvalue weighted by molar-refractivity contribution is 0.306. The predicted octanol–water partition coefficient (Wildman–Crippen LogP) is 3.09. The van der Waals surface area contributed by atoms with Gasteiger partial charge in [-0.3, -0.25) is 0 Å². The number of benzene rings is 2. The molecular weight excluding hydrogens is 236 g/mol. The largest absolute Gasteiger partial charge is 0.489 e. The molecule has 3 nitrogen and oxygen atoms in total. The molecule has 2 N–H and O–H groups in total. The molecule has 0 aliphatic carbocycles. The minimum absolute atomic E-state index is 0.456. The highest BCUT2D eigenvalue weighted by Crippen LogP contribution is 2.17. The SMILES string of the molecule is N#C/C=C(\N)c1ccc(OCc2ccccc2)cc1. The van der Waals surface area contributed by atoms with E-state index < -0.39 is 0 Å². The molecule has 2 rings (SSSR count). The lowest BCUT2D eigenvalue weighted by atomic mass is 10.1. The van der Waals surface area contributed by atoms with Crippen LogP contribution in [-0.2, 0) is 6.61 Å². The van der Waals surface area contributed by atoms with Crippen molar-refractivity contribution in [2.24, 2.45) is 5.73 Å². The third-order valence-electron chi connectivity index (χ3n) is 2.66. The van der Waals surface area contributed by atoms with Crippen LogP contribution in [0.25, 0.3) is 5.70 Å². The second kappa shape index (κ2) is 6.27. The van der Waals surface area contributed by atoms with Gasteiger partial charge in [0, 0.05) is 11.8 Å². The van der Waals surface area contributed by atoms with E-state index >= 15 is 0 Å². The van der Waals surface area contributed by atoms with Gasteiger partial charge in [-0.1, -0.05) is 30.3 Å². The average Bonchev–Trinajstić information content (AvgIpc) is 2.47. The fourth-order valence-corrected chi connectivity index (χ4v) is 1.64. The summed E-state index contributed by atoms with van der Waals surface area (Å²) in [4.78, 5) is 0. The summed E-state index contributed by atoms with van der Waals surface area (Å²) in [6.45, 7) is 0.531. The van der Waals surface area contributed by atoms with E-state index in [-0.39, 0.29) is 0 Å². The van der Waals surface area contributed by atoms with E-state index in [0.717, 1.165) is 16.9 Å². The molecule has 0 aliphatic rings. The Bertz CT molecular complexity index is 595. The Morgan fingerprint density at radius 3 is 2.42 bits per heavy atom. The Kier molecular flexibility index (Phi) is 4.20. The zero-order valence-electron chi connectivity index (χ0n) is 10.4. The number of allylic oxidation sites excluding steroid dienone is 1. The van der Waals surface area contributed by atoms with Crippen molar-refractivity contribution in [1.82, 2.24) is 0 Å². The Balaban J connectivity index is 2.00. The third-order valence-corrected chi connectivity index (χ3v) is 2.66. The summed E-state index contributed by atoms with van der Waals surface area (Å²) in [6, 6.07) is 19.2. The lowest BCUT2D eigenvalue weighted by Crippen LogP contribution is -1.97. The molecule has 94 valence electrons. The summed E-state index contributed by atoms with van der Waals surface area (Å²) in [5.74, 6) is 0.775. The van der Waals surface area contributed by atoms with Crippen LogP contribution in [0.3, 0.4) is 0 Å².